The number of hydrogen-bond acceptors (Lipinski definition) is 8. The summed E-state index contributed by atoms with van der Waals surface area (Å²) in [6.45, 7) is 2.96. The van der Waals surface area contributed by atoms with Crippen molar-refractivity contribution in [2.45, 2.75) is 46.5 Å². The quantitative estimate of drug-likeness (QED) is 0.159. The fourth-order valence-electron chi connectivity index (χ4n) is 2.51. The number of ether oxygens (including phenoxy) is 2. The highest BCUT2D eigenvalue weighted by Crippen LogP contribution is 2.59. The summed E-state index contributed by atoms with van der Waals surface area (Å²) in [5.41, 5.74) is 0.770. The highest BCUT2D eigenvalue weighted by Gasteiger charge is 2.29. The Morgan fingerprint density at radius 3 is 1.52 bits per heavy atom. The van der Waals surface area contributed by atoms with Crippen molar-refractivity contribution in [1.29, 1.82) is 0 Å². The van der Waals surface area contributed by atoms with E-state index in [1.165, 1.54) is 0 Å². The van der Waals surface area contributed by atoms with Gasteiger partial charge in [-0.1, -0.05) is 27.2 Å². The minimum atomic E-state index is -3.62. The van der Waals surface area contributed by atoms with E-state index in [1.54, 1.807) is 48.5 Å². The molecule has 0 aromatic heterocycles. The topological polar surface area (TPSA) is 88.1 Å². The number of rotatable bonds is 14. The Morgan fingerprint density at radius 1 is 0.727 bits per heavy atom. The van der Waals surface area contributed by atoms with Gasteiger partial charge in [-0.3, -0.25) is 0 Å². The van der Waals surface area contributed by atoms with Gasteiger partial charge in [0.2, 0.25) is 0 Å². The van der Waals surface area contributed by atoms with Gasteiger partial charge in [0.1, 0.15) is 11.5 Å². The summed E-state index contributed by atoms with van der Waals surface area (Å²) in [5, 5.41) is 0. The van der Waals surface area contributed by atoms with Gasteiger partial charge in [0.25, 0.3) is 0 Å². The zero-order valence-electron chi connectivity index (χ0n) is 19.3. The maximum absolute atomic E-state index is 13.5. The van der Waals surface area contributed by atoms with E-state index in [4.69, 9.17) is 18.5 Å². The summed E-state index contributed by atoms with van der Waals surface area (Å²) in [7, 11) is 0. The number of unbranched alkanes of at least 4 members (excludes halogenated alkanes) is 1. The molecular formula is C24H31O7PS. The van der Waals surface area contributed by atoms with Crippen LogP contribution >= 0.6 is 18.2 Å². The lowest BCUT2D eigenvalue weighted by Gasteiger charge is -2.19. The third kappa shape index (κ3) is 9.14. The summed E-state index contributed by atoms with van der Waals surface area (Å²) in [4.78, 5) is 23.9. The van der Waals surface area contributed by atoms with Crippen molar-refractivity contribution in [2.75, 3.05) is 19.0 Å². The smallest absolute Gasteiger partial charge is 0.462 e. The van der Waals surface area contributed by atoms with Gasteiger partial charge in [-0.05, 0) is 79.2 Å². The Morgan fingerprint density at radius 2 is 1.15 bits per heavy atom. The molecule has 0 radical (unpaired) electrons. The Hall–Kier alpha value is -2.44. The van der Waals surface area contributed by atoms with Crippen LogP contribution in [-0.4, -0.2) is 30.9 Å². The molecule has 0 fully saturated rings. The molecule has 0 heterocycles. The second-order valence-corrected chi connectivity index (χ2v) is 11.2. The molecule has 0 aliphatic carbocycles. The molecule has 0 saturated carbocycles. The van der Waals surface area contributed by atoms with Crippen molar-refractivity contribution in [1.82, 2.24) is 0 Å². The standard InChI is InChI=1S/C24H31O7PS/c1-4-7-18-33-32(27,30-21-12-8-19(9-13-21)23(25)28-16-5-2)31-22-14-10-20(11-15-22)24(26)29-17-6-3/h8-15H,4-7,16-18H2,1-3H3. The molecule has 0 saturated heterocycles. The molecule has 0 N–H and O–H groups in total. The largest absolute Gasteiger partial charge is 0.492 e. The highest BCUT2D eigenvalue weighted by molar-refractivity contribution is 8.55. The van der Waals surface area contributed by atoms with Crippen LogP contribution in [0.4, 0.5) is 0 Å². The van der Waals surface area contributed by atoms with Gasteiger partial charge in [0, 0.05) is 5.75 Å². The number of hydrogen-bond donors (Lipinski definition) is 0. The molecular weight excluding hydrogens is 463 g/mol. The van der Waals surface area contributed by atoms with Gasteiger partial charge in [-0.2, -0.15) is 0 Å². The van der Waals surface area contributed by atoms with Gasteiger partial charge >= 0.3 is 18.7 Å². The lowest BCUT2D eigenvalue weighted by atomic mass is 10.2. The van der Waals surface area contributed by atoms with E-state index in [9.17, 15) is 14.2 Å². The Kier molecular flexibility index (Phi) is 11.3. The van der Waals surface area contributed by atoms with Crippen LogP contribution in [0.15, 0.2) is 48.5 Å². The summed E-state index contributed by atoms with van der Waals surface area (Å²) in [6, 6.07) is 12.5. The second-order valence-electron chi connectivity index (χ2n) is 7.14. The van der Waals surface area contributed by atoms with Crippen LogP contribution in [0.2, 0.25) is 0 Å². The zero-order valence-corrected chi connectivity index (χ0v) is 21.0. The average Bonchev–Trinajstić information content (AvgIpc) is 2.82. The number of carbonyl (C=O) groups is 2. The van der Waals surface area contributed by atoms with Gasteiger partial charge in [0.05, 0.1) is 24.3 Å². The van der Waals surface area contributed by atoms with E-state index in [0.29, 0.717) is 41.6 Å². The van der Waals surface area contributed by atoms with Crippen molar-refractivity contribution < 1.29 is 32.7 Å². The first-order valence-electron chi connectivity index (χ1n) is 11.1. The monoisotopic (exact) mass is 494 g/mol. The molecule has 0 spiro atoms. The fraction of sp³-hybridized carbons (Fsp3) is 0.417. The van der Waals surface area contributed by atoms with Crippen LogP contribution < -0.4 is 9.05 Å². The second kappa shape index (κ2) is 14.0. The summed E-state index contributed by atoms with van der Waals surface area (Å²) in [5.74, 6) is 0.384. The van der Waals surface area contributed by atoms with E-state index in [-0.39, 0.29) is 0 Å². The van der Waals surface area contributed by atoms with E-state index in [1.807, 2.05) is 20.8 Å². The lowest BCUT2D eigenvalue weighted by molar-refractivity contribution is 0.0496. The number of carbonyl (C=O) groups excluding carboxylic acids is 2. The van der Waals surface area contributed by atoms with E-state index in [2.05, 4.69) is 0 Å². The summed E-state index contributed by atoms with van der Waals surface area (Å²) >= 11 is 1.11. The van der Waals surface area contributed by atoms with Crippen LogP contribution in [0.25, 0.3) is 0 Å². The highest BCUT2D eigenvalue weighted by atomic mass is 32.7. The first-order chi connectivity index (χ1) is 15.9. The van der Waals surface area contributed by atoms with Crippen molar-refractivity contribution in [3.05, 3.63) is 59.7 Å². The minimum absolute atomic E-state index is 0.314. The minimum Gasteiger partial charge on any atom is -0.462 e. The Labute approximate surface area is 199 Å². The lowest BCUT2D eigenvalue weighted by Crippen LogP contribution is -2.06. The molecule has 9 heteroatoms. The molecule has 0 unspecified atom stereocenters. The van der Waals surface area contributed by atoms with E-state index < -0.39 is 18.7 Å². The van der Waals surface area contributed by atoms with Crippen LogP contribution in [-0.2, 0) is 14.0 Å². The van der Waals surface area contributed by atoms with E-state index in [0.717, 1.165) is 37.1 Å². The van der Waals surface area contributed by atoms with Crippen molar-refractivity contribution in [3.63, 3.8) is 0 Å². The predicted molar refractivity (Wildman–Crippen MR) is 130 cm³/mol. The fourth-order valence-corrected chi connectivity index (χ4v) is 5.94. The molecule has 2 aromatic rings. The van der Waals surface area contributed by atoms with E-state index >= 15 is 0 Å². The molecule has 0 amide bonds. The molecule has 0 aliphatic rings. The van der Waals surface area contributed by atoms with Gasteiger partial charge in [-0.25, -0.2) is 14.2 Å². The van der Waals surface area contributed by atoms with Crippen LogP contribution in [0.3, 0.4) is 0 Å². The van der Waals surface area contributed by atoms with Gasteiger partial charge in [0.15, 0.2) is 0 Å². The first-order valence-corrected chi connectivity index (χ1v) is 14.2. The molecule has 0 bridgehead atoms. The van der Waals surface area contributed by atoms with Crippen molar-refractivity contribution in [3.8, 4) is 11.5 Å². The zero-order chi connectivity index (χ0) is 24.1. The summed E-state index contributed by atoms with van der Waals surface area (Å²) < 4.78 is 35.2. The van der Waals surface area contributed by atoms with Crippen LogP contribution in [0.5, 0.6) is 11.5 Å². The molecule has 33 heavy (non-hydrogen) atoms. The van der Waals surface area contributed by atoms with Crippen LogP contribution in [0, 0.1) is 0 Å². The Bertz CT molecular complexity index is 859. The molecule has 2 aromatic carbocycles. The average molecular weight is 495 g/mol. The van der Waals surface area contributed by atoms with Gasteiger partial charge < -0.3 is 18.5 Å². The molecule has 0 aliphatic heterocycles. The third-order valence-electron chi connectivity index (χ3n) is 4.24. The molecule has 180 valence electrons. The number of esters is 2. The molecule has 7 nitrogen and oxygen atoms in total. The molecule has 2 rings (SSSR count). The number of benzene rings is 2. The normalized spacial score (nSPS) is 11.0. The maximum Gasteiger partial charge on any atom is 0.492 e. The molecule has 0 atom stereocenters. The predicted octanol–water partition coefficient (Wildman–Crippen LogP) is 6.92. The SMILES string of the molecule is CCCCSP(=O)(Oc1ccc(C(=O)OCCC)cc1)Oc1ccc(C(=O)OCCC)cc1. The van der Waals surface area contributed by atoms with Crippen LogP contribution in [0.1, 0.15) is 67.2 Å². The van der Waals surface area contributed by atoms with Crippen molar-refractivity contribution >= 4 is 30.1 Å². The Balaban J connectivity index is 2.11. The van der Waals surface area contributed by atoms with Crippen molar-refractivity contribution in [2.24, 2.45) is 0 Å². The first kappa shape index (κ1) is 26.8. The third-order valence-corrected chi connectivity index (χ3v) is 7.84. The maximum atomic E-state index is 13.5. The van der Waals surface area contributed by atoms with Gasteiger partial charge in [-0.15, -0.1) is 0 Å². The summed E-state index contributed by atoms with van der Waals surface area (Å²) in [6.07, 6.45) is 3.27.